The quantitative estimate of drug-likeness (QED) is 0.711. The maximum atomic E-state index is 12.4. The van der Waals surface area contributed by atoms with E-state index >= 15 is 0 Å². The Balaban J connectivity index is 1.88. The lowest BCUT2D eigenvalue weighted by Crippen LogP contribution is -2.36. The SMILES string of the molecule is CCOc1ccc(NC(=O)CN(C)C(=O)CC2CCCCC2)cc1OCC. The summed E-state index contributed by atoms with van der Waals surface area (Å²) in [4.78, 5) is 26.2. The molecule has 0 radical (unpaired) electrons. The molecule has 1 fully saturated rings. The number of ether oxygens (including phenoxy) is 2. The van der Waals surface area contributed by atoms with E-state index in [4.69, 9.17) is 9.47 Å². The highest BCUT2D eigenvalue weighted by atomic mass is 16.5. The number of anilines is 1. The summed E-state index contributed by atoms with van der Waals surface area (Å²) >= 11 is 0. The molecule has 0 atom stereocenters. The van der Waals surface area contributed by atoms with Crippen molar-refractivity contribution < 1.29 is 19.1 Å². The van der Waals surface area contributed by atoms with E-state index in [1.165, 1.54) is 24.2 Å². The van der Waals surface area contributed by atoms with Crippen LogP contribution in [0.5, 0.6) is 11.5 Å². The minimum absolute atomic E-state index is 0.0405. The molecule has 1 aromatic carbocycles. The van der Waals surface area contributed by atoms with Crippen molar-refractivity contribution >= 4 is 17.5 Å². The second kappa shape index (κ2) is 10.8. The maximum absolute atomic E-state index is 12.4. The molecule has 0 spiro atoms. The van der Waals surface area contributed by atoms with Gasteiger partial charge in [0.2, 0.25) is 11.8 Å². The predicted octanol–water partition coefficient (Wildman–Crippen LogP) is 3.85. The minimum Gasteiger partial charge on any atom is -0.490 e. The van der Waals surface area contributed by atoms with E-state index < -0.39 is 0 Å². The molecule has 0 bridgehead atoms. The van der Waals surface area contributed by atoms with Gasteiger partial charge < -0.3 is 19.7 Å². The first-order valence-electron chi connectivity index (χ1n) is 9.96. The molecule has 150 valence electrons. The number of amides is 2. The Hall–Kier alpha value is -2.24. The zero-order valence-electron chi connectivity index (χ0n) is 16.8. The van der Waals surface area contributed by atoms with Crippen LogP contribution >= 0.6 is 0 Å². The summed E-state index contributed by atoms with van der Waals surface area (Å²) < 4.78 is 11.1. The Bertz CT molecular complexity index is 627. The van der Waals surface area contributed by atoms with Gasteiger partial charge in [-0.25, -0.2) is 0 Å². The number of benzene rings is 1. The van der Waals surface area contributed by atoms with Gasteiger partial charge in [0.05, 0.1) is 19.8 Å². The van der Waals surface area contributed by atoms with Crippen LogP contribution in [0.4, 0.5) is 5.69 Å². The van der Waals surface area contributed by atoms with Gasteiger partial charge >= 0.3 is 0 Å². The fourth-order valence-corrected chi connectivity index (χ4v) is 3.43. The highest BCUT2D eigenvalue weighted by Gasteiger charge is 2.20. The Morgan fingerprint density at radius 3 is 2.41 bits per heavy atom. The molecule has 0 saturated heterocycles. The summed E-state index contributed by atoms with van der Waals surface area (Å²) in [5.74, 6) is 1.53. The molecule has 1 saturated carbocycles. The number of hydrogen-bond donors (Lipinski definition) is 1. The maximum Gasteiger partial charge on any atom is 0.243 e. The van der Waals surface area contributed by atoms with Gasteiger partial charge in [-0.2, -0.15) is 0 Å². The first-order chi connectivity index (χ1) is 13.0. The van der Waals surface area contributed by atoms with E-state index in [0.29, 0.717) is 42.7 Å². The van der Waals surface area contributed by atoms with Crippen LogP contribution < -0.4 is 14.8 Å². The van der Waals surface area contributed by atoms with Crippen molar-refractivity contribution in [2.24, 2.45) is 5.92 Å². The van der Waals surface area contributed by atoms with E-state index in [-0.39, 0.29) is 18.4 Å². The van der Waals surface area contributed by atoms with Crippen LogP contribution in [0, 0.1) is 5.92 Å². The standard InChI is InChI=1S/C21H32N2O4/c1-4-26-18-12-11-17(14-19(18)27-5-2)22-20(24)15-23(3)21(25)13-16-9-7-6-8-10-16/h11-12,14,16H,4-10,13,15H2,1-3H3,(H,22,24). The monoisotopic (exact) mass is 376 g/mol. The summed E-state index contributed by atoms with van der Waals surface area (Å²) in [5, 5.41) is 2.83. The molecule has 1 aliphatic carbocycles. The van der Waals surface area contributed by atoms with E-state index in [1.54, 1.807) is 25.2 Å². The molecule has 0 aliphatic heterocycles. The molecule has 1 aromatic rings. The second-order valence-electron chi connectivity index (χ2n) is 7.03. The van der Waals surface area contributed by atoms with Crippen LogP contribution in [0.25, 0.3) is 0 Å². The first kappa shape index (κ1) is 21.1. The molecule has 6 heteroatoms. The van der Waals surface area contributed by atoms with Crippen LogP contribution in [0.15, 0.2) is 18.2 Å². The highest BCUT2D eigenvalue weighted by Crippen LogP contribution is 2.30. The number of likely N-dealkylation sites (N-methyl/N-ethyl adjacent to an activating group) is 1. The molecule has 1 aliphatic rings. The summed E-state index contributed by atoms with van der Waals surface area (Å²) in [6.07, 6.45) is 6.48. The molecule has 0 heterocycles. The molecule has 27 heavy (non-hydrogen) atoms. The minimum atomic E-state index is -0.221. The van der Waals surface area contributed by atoms with E-state index in [0.717, 1.165) is 12.8 Å². The average molecular weight is 376 g/mol. The zero-order chi connectivity index (χ0) is 19.6. The Morgan fingerprint density at radius 1 is 1.07 bits per heavy atom. The molecule has 1 N–H and O–H groups in total. The van der Waals surface area contributed by atoms with E-state index in [1.807, 2.05) is 13.8 Å². The topological polar surface area (TPSA) is 67.9 Å². The lowest BCUT2D eigenvalue weighted by molar-refractivity contribution is -0.134. The van der Waals surface area contributed by atoms with Gasteiger partial charge in [0.15, 0.2) is 11.5 Å². The normalized spacial score (nSPS) is 14.5. The molecule has 2 rings (SSSR count). The number of nitrogens with zero attached hydrogens (tertiary/aromatic N) is 1. The average Bonchev–Trinajstić information content (AvgIpc) is 2.65. The Kier molecular flexibility index (Phi) is 8.43. The fraction of sp³-hybridized carbons (Fsp3) is 0.619. The zero-order valence-corrected chi connectivity index (χ0v) is 16.8. The van der Waals surface area contributed by atoms with Gasteiger partial charge in [-0.15, -0.1) is 0 Å². The smallest absolute Gasteiger partial charge is 0.243 e. The third-order valence-corrected chi connectivity index (χ3v) is 4.82. The van der Waals surface area contributed by atoms with Gasteiger partial charge in [0.1, 0.15) is 0 Å². The second-order valence-corrected chi connectivity index (χ2v) is 7.03. The van der Waals surface area contributed by atoms with Gasteiger partial charge in [-0.1, -0.05) is 19.3 Å². The van der Waals surface area contributed by atoms with E-state index in [9.17, 15) is 9.59 Å². The predicted molar refractivity (Wildman–Crippen MR) is 106 cm³/mol. The van der Waals surface area contributed by atoms with Gasteiger partial charge in [-0.3, -0.25) is 9.59 Å². The van der Waals surface area contributed by atoms with Crippen LogP contribution in [0.1, 0.15) is 52.4 Å². The summed E-state index contributed by atoms with van der Waals surface area (Å²) in [6.45, 7) is 4.90. The Labute approximate surface area is 162 Å². The number of nitrogens with one attached hydrogen (secondary N) is 1. The number of hydrogen-bond acceptors (Lipinski definition) is 4. The van der Waals surface area contributed by atoms with Crippen molar-refractivity contribution in [3.8, 4) is 11.5 Å². The molecule has 6 nitrogen and oxygen atoms in total. The van der Waals surface area contributed by atoms with Gasteiger partial charge in [0.25, 0.3) is 0 Å². The Morgan fingerprint density at radius 2 is 1.74 bits per heavy atom. The van der Waals surface area contributed by atoms with Crippen LogP contribution in [0.3, 0.4) is 0 Å². The van der Waals surface area contributed by atoms with Crippen LogP contribution in [-0.2, 0) is 9.59 Å². The number of rotatable bonds is 9. The van der Waals surface area contributed by atoms with Crippen molar-refractivity contribution in [1.29, 1.82) is 0 Å². The lowest BCUT2D eigenvalue weighted by atomic mass is 9.87. The number of carbonyl (C=O) groups is 2. The molecular formula is C21H32N2O4. The van der Waals surface area contributed by atoms with Gasteiger partial charge in [-0.05, 0) is 44.7 Å². The molecular weight excluding hydrogens is 344 g/mol. The van der Waals surface area contributed by atoms with Crippen molar-refractivity contribution in [3.05, 3.63) is 18.2 Å². The molecule has 2 amide bonds. The largest absolute Gasteiger partial charge is 0.490 e. The third-order valence-electron chi connectivity index (χ3n) is 4.82. The van der Waals surface area contributed by atoms with E-state index in [2.05, 4.69) is 5.32 Å². The summed E-state index contributed by atoms with van der Waals surface area (Å²) in [6, 6.07) is 5.30. The molecule has 0 aromatic heterocycles. The summed E-state index contributed by atoms with van der Waals surface area (Å²) in [5.41, 5.74) is 0.625. The van der Waals surface area contributed by atoms with Crippen molar-refractivity contribution in [2.45, 2.75) is 52.4 Å². The van der Waals surface area contributed by atoms with Crippen molar-refractivity contribution in [1.82, 2.24) is 4.90 Å². The highest BCUT2D eigenvalue weighted by molar-refractivity contribution is 5.94. The number of carbonyl (C=O) groups excluding carboxylic acids is 2. The van der Waals surface area contributed by atoms with Crippen LogP contribution in [-0.4, -0.2) is 43.5 Å². The lowest BCUT2D eigenvalue weighted by Gasteiger charge is -2.24. The van der Waals surface area contributed by atoms with Crippen molar-refractivity contribution in [3.63, 3.8) is 0 Å². The summed E-state index contributed by atoms with van der Waals surface area (Å²) in [7, 11) is 1.69. The van der Waals surface area contributed by atoms with Crippen LogP contribution in [0.2, 0.25) is 0 Å². The van der Waals surface area contributed by atoms with Crippen molar-refractivity contribution in [2.75, 3.05) is 32.1 Å². The molecule has 0 unspecified atom stereocenters. The van der Waals surface area contributed by atoms with Gasteiger partial charge in [0, 0.05) is 25.2 Å². The first-order valence-corrected chi connectivity index (χ1v) is 9.96. The fourth-order valence-electron chi connectivity index (χ4n) is 3.43. The third kappa shape index (κ3) is 6.77.